The van der Waals surface area contributed by atoms with Gasteiger partial charge < -0.3 is 9.84 Å². The highest BCUT2D eigenvalue weighted by Crippen LogP contribution is 2.28. The predicted molar refractivity (Wildman–Crippen MR) is 62.6 cm³/mol. The van der Waals surface area contributed by atoms with Gasteiger partial charge in [-0.3, -0.25) is 14.5 Å². The predicted octanol–water partition coefficient (Wildman–Crippen LogP) is 1.16. The standard InChI is InChI=1S/C12H15N3O3/c16-11-7-9(13-10-5-6-18-14-10)12(17)15(11)8-3-1-2-4-8/h5-6,8-9H,1-4,7H2,(H,13,14). The van der Waals surface area contributed by atoms with Gasteiger partial charge in [-0.25, -0.2) is 0 Å². The number of hydrogen-bond donors (Lipinski definition) is 1. The first kappa shape index (κ1) is 11.3. The Balaban J connectivity index is 1.71. The molecule has 1 saturated heterocycles. The Kier molecular flexibility index (Phi) is 2.77. The van der Waals surface area contributed by atoms with Gasteiger partial charge in [0.15, 0.2) is 5.82 Å². The number of imide groups is 1. The smallest absolute Gasteiger partial charge is 0.252 e. The minimum atomic E-state index is -0.497. The molecule has 1 aromatic heterocycles. The lowest BCUT2D eigenvalue weighted by Gasteiger charge is -2.22. The lowest BCUT2D eigenvalue weighted by Crippen LogP contribution is -2.41. The van der Waals surface area contributed by atoms with Gasteiger partial charge in [-0.15, -0.1) is 0 Å². The summed E-state index contributed by atoms with van der Waals surface area (Å²) in [5.41, 5.74) is 0. The number of carbonyl (C=O) groups is 2. The first-order chi connectivity index (χ1) is 8.75. The Morgan fingerprint density at radius 2 is 2.11 bits per heavy atom. The van der Waals surface area contributed by atoms with Crippen molar-refractivity contribution in [2.75, 3.05) is 5.32 Å². The van der Waals surface area contributed by atoms with Crippen molar-refractivity contribution in [3.8, 4) is 0 Å². The maximum atomic E-state index is 12.2. The summed E-state index contributed by atoms with van der Waals surface area (Å²) in [6, 6.07) is 1.24. The fraction of sp³-hybridized carbons (Fsp3) is 0.583. The van der Waals surface area contributed by atoms with E-state index in [0.717, 1.165) is 25.7 Å². The molecule has 1 N–H and O–H groups in total. The quantitative estimate of drug-likeness (QED) is 0.813. The minimum absolute atomic E-state index is 0.0760. The monoisotopic (exact) mass is 249 g/mol. The van der Waals surface area contributed by atoms with Crippen LogP contribution in [0.15, 0.2) is 16.9 Å². The van der Waals surface area contributed by atoms with Crippen molar-refractivity contribution >= 4 is 17.6 Å². The van der Waals surface area contributed by atoms with Crippen molar-refractivity contribution in [1.82, 2.24) is 10.1 Å². The maximum Gasteiger partial charge on any atom is 0.252 e. The van der Waals surface area contributed by atoms with E-state index in [1.807, 2.05) is 0 Å². The largest absolute Gasteiger partial charge is 0.363 e. The number of likely N-dealkylation sites (tertiary alicyclic amines) is 1. The lowest BCUT2D eigenvalue weighted by molar-refractivity contribution is -0.141. The van der Waals surface area contributed by atoms with Crippen LogP contribution < -0.4 is 5.32 Å². The van der Waals surface area contributed by atoms with Gasteiger partial charge in [0.05, 0.1) is 6.42 Å². The Bertz CT molecular complexity index is 451. The molecule has 0 spiro atoms. The molecule has 18 heavy (non-hydrogen) atoms. The molecule has 6 heteroatoms. The SMILES string of the molecule is O=C1CC(Nc2ccon2)C(=O)N1C1CCCC1. The van der Waals surface area contributed by atoms with E-state index in [1.165, 1.54) is 11.2 Å². The summed E-state index contributed by atoms with van der Waals surface area (Å²) in [7, 11) is 0. The van der Waals surface area contributed by atoms with Gasteiger partial charge >= 0.3 is 0 Å². The van der Waals surface area contributed by atoms with E-state index in [-0.39, 0.29) is 24.3 Å². The molecular weight excluding hydrogens is 234 g/mol. The molecule has 0 radical (unpaired) electrons. The van der Waals surface area contributed by atoms with Crippen molar-refractivity contribution in [1.29, 1.82) is 0 Å². The summed E-state index contributed by atoms with van der Waals surface area (Å²) in [5, 5.41) is 6.63. The van der Waals surface area contributed by atoms with Gasteiger partial charge in [0.1, 0.15) is 12.3 Å². The number of nitrogens with zero attached hydrogens (tertiary/aromatic N) is 2. The van der Waals surface area contributed by atoms with E-state index in [9.17, 15) is 9.59 Å². The highest BCUT2D eigenvalue weighted by molar-refractivity contribution is 6.07. The molecule has 1 unspecified atom stereocenters. The zero-order chi connectivity index (χ0) is 12.5. The second kappa shape index (κ2) is 4.44. The summed E-state index contributed by atoms with van der Waals surface area (Å²) in [4.78, 5) is 25.6. The van der Waals surface area contributed by atoms with E-state index < -0.39 is 6.04 Å². The molecule has 1 aliphatic heterocycles. The Labute approximate surface area is 104 Å². The van der Waals surface area contributed by atoms with Crippen LogP contribution in [-0.2, 0) is 9.59 Å². The third-order valence-corrected chi connectivity index (χ3v) is 3.63. The zero-order valence-corrected chi connectivity index (χ0v) is 9.96. The number of carbonyl (C=O) groups excluding carboxylic acids is 2. The fourth-order valence-corrected chi connectivity index (χ4v) is 2.78. The molecule has 6 nitrogen and oxygen atoms in total. The summed E-state index contributed by atoms with van der Waals surface area (Å²) in [5.74, 6) is 0.289. The van der Waals surface area contributed by atoms with E-state index >= 15 is 0 Å². The number of anilines is 1. The fourth-order valence-electron chi connectivity index (χ4n) is 2.78. The molecule has 2 fully saturated rings. The highest BCUT2D eigenvalue weighted by atomic mass is 16.5. The molecule has 0 aromatic carbocycles. The minimum Gasteiger partial charge on any atom is -0.363 e. The van der Waals surface area contributed by atoms with Crippen LogP contribution in [0.5, 0.6) is 0 Å². The molecule has 2 aliphatic rings. The molecule has 2 amide bonds. The maximum absolute atomic E-state index is 12.2. The van der Waals surface area contributed by atoms with Crippen molar-refractivity contribution in [2.24, 2.45) is 0 Å². The van der Waals surface area contributed by atoms with Gasteiger partial charge in [0.25, 0.3) is 5.91 Å². The van der Waals surface area contributed by atoms with Gasteiger partial charge in [0.2, 0.25) is 5.91 Å². The van der Waals surface area contributed by atoms with Crippen molar-refractivity contribution < 1.29 is 14.1 Å². The molecule has 1 saturated carbocycles. The second-order valence-electron chi connectivity index (χ2n) is 4.83. The lowest BCUT2D eigenvalue weighted by atomic mass is 10.2. The summed E-state index contributed by atoms with van der Waals surface area (Å²) < 4.78 is 4.69. The van der Waals surface area contributed by atoms with Crippen LogP contribution in [0.25, 0.3) is 0 Å². The van der Waals surface area contributed by atoms with Crippen LogP contribution in [0.1, 0.15) is 32.1 Å². The first-order valence-corrected chi connectivity index (χ1v) is 6.28. The zero-order valence-electron chi connectivity index (χ0n) is 9.96. The van der Waals surface area contributed by atoms with E-state index in [4.69, 9.17) is 4.52 Å². The topological polar surface area (TPSA) is 75.4 Å². The molecule has 2 heterocycles. The van der Waals surface area contributed by atoms with Crippen molar-refractivity contribution in [2.45, 2.75) is 44.2 Å². The van der Waals surface area contributed by atoms with Gasteiger partial charge in [-0.05, 0) is 12.8 Å². The van der Waals surface area contributed by atoms with Crippen LogP contribution >= 0.6 is 0 Å². The Morgan fingerprint density at radius 3 is 2.78 bits per heavy atom. The molecule has 1 aliphatic carbocycles. The number of rotatable bonds is 3. The Morgan fingerprint density at radius 1 is 1.33 bits per heavy atom. The Hall–Kier alpha value is -1.85. The third-order valence-electron chi connectivity index (χ3n) is 3.63. The van der Waals surface area contributed by atoms with Crippen LogP contribution in [0, 0.1) is 0 Å². The van der Waals surface area contributed by atoms with E-state index in [2.05, 4.69) is 10.5 Å². The van der Waals surface area contributed by atoms with Gasteiger partial charge in [-0.2, -0.15) is 0 Å². The number of amides is 2. The highest BCUT2D eigenvalue weighted by Gasteiger charge is 2.43. The second-order valence-corrected chi connectivity index (χ2v) is 4.83. The van der Waals surface area contributed by atoms with Crippen molar-refractivity contribution in [3.63, 3.8) is 0 Å². The first-order valence-electron chi connectivity index (χ1n) is 6.28. The molecule has 3 rings (SSSR count). The van der Waals surface area contributed by atoms with Crippen LogP contribution in [0.2, 0.25) is 0 Å². The molecular formula is C12H15N3O3. The number of aromatic nitrogens is 1. The van der Waals surface area contributed by atoms with Crippen LogP contribution in [-0.4, -0.2) is 34.0 Å². The van der Waals surface area contributed by atoms with Crippen molar-refractivity contribution in [3.05, 3.63) is 12.3 Å². The van der Waals surface area contributed by atoms with Crippen LogP contribution in [0.4, 0.5) is 5.82 Å². The molecule has 1 atom stereocenters. The summed E-state index contributed by atoms with van der Waals surface area (Å²) in [6.07, 6.45) is 5.72. The average molecular weight is 249 g/mol. The third kappa shape index (κ3) is 1.87. The number of nitrogens with one attached hydrogen (secondary N) is 1. The number of hydrogen-bond acceptors (Lipinski definition) is 5. The van der Waals surface area contributed by atoms with Gasteiger partial charge in [-0.1, -0.05) is 18.0 Å². The molecule has 96 valence electrons. The molecule has 0 bridgehead atoms. The van der Waals surface area contributed by atoms with E-state index in [0.29, 0.717) is 5.82 Å². The van der Waals surface area contributed by atoms with Crippen LogP contribution in [0.3, 0.4) is 0 Å². The van der Waals surface area contributed by atoms with Gasteiger partial charge in [0, 0.05) is 12.1 Å². The normalized spacial score (nSPS) is 25.1. The average Bonchev–Trinajstić information content (AvgIpc) is 3.03. The molecule has 1 aromatic rings. The summed E-state index contributed by atoms with van der Waals surface area (Å²) in [6.45, 7) is 0. The van der Waals surface area contributed by atoms with E-state index in [1.54, 1.807) is 6.07 Å². The summed E-state index contributed by atoms with van der Waals surface area (Å²) >= 11 is 0.